The quantitative estimate of drug-likeness (QED) is 0.381. The Labute approximate surface area is 119 Å². The number of aromatic nitrogens is 3. The van der Waals surface area contributed by atoms with Crippen LogP contribution >= 0.6 is 0 Å². The number of anilines is 2. The highest BCUT2D eigenvalue weighted by molar-refractivity contribution is 5.65. The molecule has 4 N–H and O–H groups in total. The van der Waals surface area contributed by atoms with Crippen LogP contribution < -0.4 is 16.6 Å². The van der Waals surface area contributed by atoms with Crippen molar-refractivity contribution in [2.75, 3.05) is 36.9 Å². The molecule has 0 bridgehead atoms. The van der Waals surface area contributed by atoms with E-state index in [1.807, 2.05) is 16.8 Å². The summed E-state index contributed by atoms with van der Waals surface area (Å²) in [6.07, 6.45) is 6.50. The van der Waals surface area contributed by atoms with Crippen LogP contribution in [0.1, 0.15) is 20.3 Å². The highest BCUT2D eigenvalue weighted by Gasteiger charge is 2.06. The molecule has 110 valence electrons. The van der Waals surface area contributed by atoms with E-state index < -0.39 is 0 Å². The maximum absolute atomic E-state index is 5.43. The average Bonchev–Trinajstić information content (AvgIpc) is 2.95. The summed E-state index contributed by atoms with van der Waals surface area (Å²) < 4.78 is 1.90. The largest absolute Gasteiger partial charge is 0.367 e. The number of rotatable bonds is 8. The molecule has 20 heavy (non-hydrogen) atoms. The van der Waals surface area contributed by atoms with Crippen molar-refractivity contribution in [2.24, 2.45) is 5.84 Å². The van der Waals surface area contributed by atoms with Gasteiger partial charge in [0.1, 0.15) is 0 Å². The summed E-state index contributed by atoms with van der Waals surface area (Å²) in [5.41, 5.74) is 3.38. The van der Waals surface area contributed by atoms with Gasteiger partial charge in [0.25, 0.3) is 0 Å². The Balaban J connectivity index is 1.97. The summed E-state index contributed by atoms with van der Waals surface area (Å²) in [5.74, 6) is 6.80. The molecule has 0 atom stereocenters. The molecule has 7 heteroatoms. The Morgan fingerprint density at radius 1 is 1.35 bits per heavy atom. The van der Waals surface area contributed by atoms with Crippen molar-refractivity contribution < 1.29 is 0 Å². The van der Waals surface area contributed by atoms with E-state index in [-0.39, 0.29) is 0 Å². The Morgan fingerprint density at radius 3 is 2.85 bits per heavy atom. The summed E-state index contributed by atoms with van der Waals surface area (Å²) in [6.45, 7) is 8.49. The van der Waals surface area contributed by atoms with Crippen molar-refractivity contribution in [3.8, 4) is 0 Å². The lowest BCUT2D eigenvalue weighted by molar-refractivity contribution is 0.303. The Hall–Kier alpha value is -1.86. The van der Waals surface area contributed by atoms with Crippen LogP contribution in [-0.4, -0.2) is 45.4 Å². The topological polar surface area (TPSA) is 83.5 Å². The molecule has 2 aromatic heterocycles. The molecule has 0 aliphatic carbocycles. The number of hydrogen-bond donors (Lipinski definition) is 3. The van der Waals surface area contributed by atoms with Crippen LogP contribution in [0.25, 0.3) is 5.65 Å². The fourth-order valence-electron chi connectivity index (χ4n) is 2.17. The summed E-state index contributed by atoms with van der Waals surface area (Å²) in [6, 6.07) is 0. The van der Waals surface area contributed by atoms with Gasteiger partial charge in [-0.25, -0.2) is 15.8 Å². The van der Waals surface area contributed by atoms with Gasteiger partial charge in [0.15, 0.2) is 17.3 Å². The van der Waals surface area contributed by atoms with E-state index in [1.54, 1.807) is 6.20 Å². The van der Waals surface area contributed by atoms with Crippen LogP contribution in [0.4, 0.5) is 11.6 Å². The molecule has 0 aliphatic rings. The first-order valence-electron chi connectivity index (χ1n) is 7.05. The van der Waals surface area contributed by atoms with Crippen LogP contribution in [-0.2, 0) is 0 Å². The number of nitrogens with zero attached hydrogens (tertiary/aromatic N) is 4. The first-order chi connectivity index (χ1) is 9.78. The third-order valence-electron chi connectivity index (χ3n) is 3.36. The van der Waals surface area contributed by atoms with Crippen molar-refractivity contribution >= 4 is 17.3 Å². The molecule has 0 radical (unpaired) electrons. The van der Waals surface area contributed by atoms with Crippen molar-refractivity contribution in [1.82, 2.24) is 19.3 Å². The minimum absolute atomic E-state index is 0.613. The fraction of sp³-hybridized carbons (Fsp3) is 0.538. The maximum atomic E-state index is 5.43. The van der Waals surface area contributed by atoms with E-state index in [0.29, 0.717) is 5.82 Å². The summed E-state index contributed by atoms with van der Waals surface area (Å²) >= 11 is 0. The van der Waals surface area contributed by atoms with Crippen molar-refractivity contribution in [3.63, 3.8) is 0 Å². The molecule has 0 saturated carbocycles. The molecule has 7 nitrogen and oxygen atoms in total. The monoisotopic (exact) mass is 277 g/mol. The minimum Gasteiger partial charge on any atom is -0.367 e. The third-order valence-corrected chi connectivity index (χ3v) is 3.36. The van der Waals surface area contributed by atoms with Gasteiger partial charge in [0.05, 0.1) is 6.20 Å². The van der Waals surface area contributed by atoms with Gasteiger partial charge < -0.3 is 20.0 Å². The van der Waals surface area contributed by atoms with E-state index >= 15 is 0 Å². The first-order valence-corrected chi connectivity index (χ1v) is 7.05. The van der Waals surface area contributed by atoms with Crippen LogP contribution in [0.3, 0.4) is 0 Å². The van der Waals surface area contributed by atoms with Crippen LogP contribution in [0.2, 0.25) is 0 Å². The lowest BCUT2D eigenvalue weighted by atomic mass is 10.3. The predicted molar refractivity (Wildman–Crippen MR) is 81.7 cm³/mol. The summed E-state index contributed by atoms with van der Waals surface area (Å²) in [7, 11) is 0. The van der Waals surface area contributed by atoms with Gasteiger partial charge in [0, 0.05) is 18.9 Å². The molecule has 0 fully saturated rings. The van der Waals surface area contributed by atoms with Crippen molar-refractivity contribution in [2.45, 2.75) is 20.3 Å². The molecule has 0 amide bonds. The molecule has 0 aromatic carbocycles. The summed E-state index contributed by atoms with van der Waals surface area (Å²) in [5, 5.41) is 3.34. The van der Waals surface area contributed by atoms with Crippen LogP contribution in [0.15, 0.2) is 18.6 Å². The second-order valence-electron chi connectivity index (χ2n) is 4.58. The standard InChI is InChI=1S/C13H23N7/c1-3-19(4-2)8-5-6-15-12-13-16-7-9-20(13)10-11(17-12)18-14/h7,9-10,18H,3-6,8,14H2,1-2H3,(H,15,17). The second kappa shape index (κ2) is 7.06. The smallest absolute Gasteiger partial charge is 0.180 e. The molecule has 0 saturated heterocycles. The zero-order chi connectivity index (χ0) is 14.4. The Bertz CT molecular complexity index is 532. The predicted octanol–water partition coefficient (Wildman–Crippen LogP) is 1.16. The zero-order valence-electron chi connectivity index (χ0n) is 12.1. The van der Waals surface area contributed by atoms with Crippen LogP contribution in [0, 0.1) is 0 Å². The fourth-order valence-corrected chi connectivity index (χ4v) is 2.17. The minimum atomic E-state index is 0.613. The van der Waals surface area contributed by atoms with Gasteiger partial charge in [-0.05, 0) is 26.1 Å². The molecule has 0 aliphatic heterocycles. The second-order valence-corrected chi connectivity index (χ2v) is 4.58. The Morgan fingerprint density at radius 2 is 2.15 bits per heavy atom. The summed E-state index contributed by atoms with van der Waals surface area (Å²) in [4.78, 5) is 11.1. The van der Waals surface area contributed by atoms with Crippen LogP contribution in [0.5, 0.6) is 0 Å². The molecule has 2 heterocycles. The first kappa shape index (κ1) is 14.5. The normalized spacial score (nSPS) is 11.2. The highest BCUT2D eigenvalue weighted by Crippen LogP contribution is 2.15. The third kappa shape index (κ3) is 3.37. The molecule has 0 spiro atoms. The number of imidazole rings is 1. The van der Waals surface area contributed by atoms with Gasteiger partial charge in [0.2, 0.25) is 0 Å². The molecular formula is C13H23N7. The number of nitrogens with two attached hydrogens (primary N) is 1. The molecular weight excluding hydrogens is 254 g/mol. The van der Waals surface area contributed by atoms with E-state index in [1.165, 1.54) is 0 Å². The zero-order valence-corrected chi connectivity index (χ0v) is 12.1. The highest BCUT2D eigenvalue weighted by atomic mass is 15.3. The number of hydrogen-bond acceptors (Lipinski definition) is 6. The van der Waals surface area contributed by atoms with Gasteiger partial charge >= 0.3 is 0 Å². The average molecular weight is 277 g/mol. The van der Waals surface area contributed by atoms with Gasteiger partial charge in [-0.15, -0.1) is 0 Å². The Kier molecular flexibility index (Phi) is 5.14. The lowest BCUT2D eigenvalue weighted by Crippen LogP contribution is -2.25. The van der Waals surface area contributed by atoms with Gasteiger partial charge in [-0.2, -0.15) is 0 Å². The molecule has 2 rings (SSSR count). The number of fused-ring (bicyclic) bond motifs is 1. The van der Waals surface area contributed by atoms with Crippen molar-refractivity contribution in [3.05, 3.63) is 18.6 Å². The number of nitrogen functional groups attached to an aromatic ring is 1. The van der Waals surface area contributed by atoms with E-state index in [9.17, 15) is 0 Å². The number of nitrogens with one attached hydrogen (secondary N) is 2. The van der Waals surface area contributed by atoms with Crippen molar-refractivity contribution in [1.29, 1.82) is 0 Å². The molecule has 0 unspecified atom stereocenters. The SMILES string of the molecule is CCN(CC)CCCNc1nc(NN)cn2ccnc12. The van der Waals surface area contributed by atoms with Gasteiger partial charge in [-0.3, -0.25) is 0 Å². The van der Waals surface area contributed by atoms with E-state index in [2.05, 4.69) is 39.5 Å². The maximum Gasteiger partial charge on any atom is 0.180 e. The lowest BCUT2D eigenvalue weighted by Gasteiger charge is -2.18. The van der Waals surface area contributed by atoms with E-state index in [0.717, 1.165) is 44.1 Å². The number of hydrazine groups is 1. The molecule has 2 aromatic rings. The van der Waals surface area contributed by atoms with E-state index in [4.69, 9.17) is 5.84 Å². The van der Waals surface area contributed by atoms with Gasteiger partial charge in [-0.1, -0.05) is 13.8 Å².